The molecule has 3 aromatic rings. The summed E-state index contributed by atoms with van der Waals surface area (Å²) in [6, 6.07) is 9.45. The Morgan fingerprint density at radius 2 is 2.00 bits per heavy atom. The van der Waals surface area contributed by atoms with Crippen molar-refractivity contribution in [2.45, 2.75) is 32.9 Å². The fourth-order valence-corrected chi connectivity index (χ4v) is 3.55. The minimum absolute atomic E-state index is 0.00210. The molecule has 0 amide bonds. The molecule has 0 N–H and O–H groups in total. The lowest BCUT2D eigenvalue weighted by Gasteiger charge is -2.31. The summed E-state index contributed by atoms with van der Waals surface area (Å²) in [5, 5.41) is 4.36. The summed E-state index contributed by atoms with van der Waals surface area (Å²) in [7, 11) is 0. The maximum Gasteiger partial charge on any atom is 0.266 e. The van der Waals surface area contributed by atoms with E-state index >= 15 is 0 Å². The highest BCUT2D eigenvalue weighted by molar-refractivity contribution is 5.39. The fourth-order valence-electron chi connectivity index (χ4n) is 3.55. The second-order valence-corrected chi connectivity index (χ2v) is 6.91. The standard InChI is InChI=1S/C19H23N5O/c1-15-5-6-19(25)24(21-15)12-16-7-10-22(11-8-16)13-17-14-23-9-3-2-4-18(23)20-17/h2-6,9,14,16H,7-8,10-13H2,1H3. The highest BCUT2D eigenvalue weighted by atomic mass is 16.1. The first-order valence-corrected chi connectivity index (χ1v) is 8.87. The highest BCUT2D eigenvalue weighted by Gasteiger charge is 2.21. The summed E-state index contributed by atoms with van der Waals surface area (Å²) in [5.41, 5.74) is 3.00. The molecule has 1 fully saturated rings. The molecular formula is C19H23N5O. The van der Waals surface area contributed by atoms with Gasteiger partial charge in [-0.1, -0.05) is 6.07 Å². The molecule has 1 aliphatic rings. The fraction of sp³-hybridized carbons (Fsp3) is 0.421. The summed E-state index contributed by atoms with van der Waals surface area (Å²) in [6.07, 6.45) is 6.33. The quantitative estimate of drug-likeness (QED) is 0.732. The van der Waals surface area contributed by atoms with Crippen molar-refractivity contribution in [3.05, 3.63) is 64.5 Å². The zero-order chi connectivity index (χ0) is 17.2. The van der Waals surface area contributed by atoms with Crippen molar-refractivity contribution in [2.75, 3.05) is 13.1 Å². The SMILES string of the molecule is Cc1ccc(=O)n(CC2CCN(Cc3cn4ccccc4n3)CC2)n1. The lowest BCUT2D eigenvalue weighted by atomic mass is 9.97. The molecule has 1 aliphatic heterocycles. The maximum atomic E-state index is 11.9. The topological polar surface area (TPSA) is 55.4 Å². The molecule has 0 spiro atoms. The van der Waals surface area contributed by atoms with Gasteiger partial charge < -0.3 is 4.40 Å². The molecule has 0 bridgehead atoms. The molecule has 0 radical (unpaired) electrons. The van der Waals surface area contributed by atoms with Gasteiger partial charge in [-0.15, -0.1) is 0 Å². The van der Waals surface area contributed by atoms with Crippen LogP contribution in [-0.2, 0) is 13.1 Å². The van der Waals surface area contributed by atoms with Crippen molar-refractivity contribution >= 4 is 5.65 Å². The number of hydrogen-bond donors (Lipinski definition) is 0. The van der Waals surface area contributed by atoms with Gasteiger partial charge in [-0.05, 0) is 57.0 Å². The Balaban J connectivity index is 1.35. The van der Waals surface area contributed by atoms with Crippen LogP contribution in [-0.4, -0.2) is 37.2 Å². The molecule has 4 rings (SSSR count). The first kappa shape index (κ1) is 16.0. The molecule has 6 nitrogen and oxygen atoms in total. The van der Waals surface area contributed by atoms with Crippen LogP contribution in [0.1, 0.15) is 24.2 Å². The van der Waals surface area contributed by atoms with Gasteiger partial charge >= 0.3 is 0 Å². The minimum atomic E-state index is -0.00210. The van der Waals surface area contributed by atoms with E-state index < -0.39 is 0 Å². The normalized spacial score (nSPS) is 16.5. The Kier molecular flexibility index (Phi) is 4.36. The van der Waals surface area contributed by atoms with Crippen molar-refractivity contribution in [1.82, 2.24) is 24.1 Å². The van der Waals surface area contributed by atoms with E-state index in [4.69, 9.17) is 0 Å². The second kappa shape index (κ2) is 6.80. The molecule has 130 valence electrons. The molecule has 4 heterocycles. The van der Waals surface area contributed by atoms with Crippen LogP contribution in [0.15, 0.2) is 47.5 Å². The zero-order valence-electron chi connectivity index (χ0n) is 14.5. The summed E-state index contributed by atoms with van der Waals surface area (Å²) in [6.45, 7) is 5.62. The van der Waals surface area contributed by atoms with E-state index in [-0.39, 0.29) is 5.56 Å². The monoisotopic (exact) mass is 337 g/mol. The van der Waals surface area contributed by atoms with E-state index in [1.807, 2.05) is 31.3 Å². The predicted molar refractivity (Wildman–Crippen MR) is 96.4 cm³/mol. The van der Waals surface area contributed by atoms with E-state index in [1.54, 1.807) is 16.8 Å². The molecule has 0 aliphatic carbocycles. The van der Waals surface area contributed by atoms with Gasteiger partial charge in [0, 0.05) is 31.5 Å². The van der Waals surface area contributed by atoms with Crippen LogP contribution in [0.2, 0.25) is 0 Å². The number of rotatable bonds is 4. The van der Waals surface area contributed by atoms with Gasteiger partial charge in [-0.25, -0.2) is 9.67 Å². The van der Waals surface area contributed by atoms with Crippen LogP contribution in [0.25, 0.3) is 5.65 Å². The third-order valence-electron chi connectivity index (χ3n) is 4.94. The van der Waals surface area contributed by atoms with Crippen molar-refractivity contribution in [2.24, 2.45) is 5.92 Å². The first-order chi connectivity index (χ1) is 12.2. The lowest BCUT2D eigenvalue weighted by Crippen LogP contribution is -2.36. The molecular weight excluding hydrogens is 314 g/mol. The molecule has 3 aromatic heterocycles. The third-order valence-corrected chi connectivity index (χ3v) is 4.94. The number of piperidine rings is 1. The molecule has 6 heteroatoms. The number of likely N-dealkylation sites (tertiary alicyclic amines) is 1. The summed E-state index contributed by atoms with van der Waals surface area (Å²) < 4.78 is 3.69. The Bertz CT molecular complexity index is 888. The van der Waals surface area contributed by atoms with Crippen molar-refractivity contribution < 1.29 is 0 Å². The van der Waals surface area contributed by atoms with Gasteiger partial charge in [0.25, 0.3) is 5.56 Å². The number of imidazole rings is 1. The van der Waals surface area contributed by atoms with E-state index in [0.717, 1.165) is 56.1 Å². The summed E-state index contributed by atoms with van der Waals surface area (Å²) >= 11 is 0. The van der Waals surface area contributed by atoms with Crippen LogP contribution in [0.5, 0.6) is 0 Å². The molecule has 25 heavy (non-hydrogen) atoms. The van der Waals surface area contributed by atoms with Gasteiger partial charge in [0.1, 0.15) is 5.65 Å². The number of aromatic nitrogens is 4. The third kappa shape index (κ3) is 3.64. The molecule has 0 atom stereocenters. The highest BCUT2D eigenvalue weighted by Crippen LogP contribution is 2.20. The van der Waals surface area contributed by atoms with Crippen molar-refractivity contribution in [3.63, 3.8) is 0 Å². The molecule has 1 saturated heterocycles. The number of nitrogens with zero attached hydrogens (tertiary/aromatic N) is 5. The Hall–Kier alpha value is -2.47. The first-order valence-electron chi connectivity index (χ1n) is 8.87. The number of fused-ring (bicyclic) bond motifs is 1. The van der Waals surface area contributed by atoms with Crippen LogP contribution < -0.4 is 5.56 Å². The van der Waals surface area contributed by atoms with Crippen molar-refractivity contribution in [3.8, 4) is 0 Å². The largest absolute Gasteiger partial charge is 0.307 e. The van der Waals surface area contributed by atoms with Crippen molar-refractivity contribution in [1.29, 1.82) is 0 Å². The molecule has 0 unspecified atom stereocenters. The Morgan fingerprint density at radius 3 is 2.80 bits per heavy atom. The predicted octanol–water partition coefficient (Wildman–Crippen LogP) is 2.11. The minimum Gasteiger partial charge on any atom is -0.307 e. The smallest absolute Gasteiger partial charge is 0.266 e. The second-order valence-electron chi connectivity index (χ2n) is 6.91. The molecule has 0 saturated carbocycles. The Labute approximate surface area is 146 Å². The van der Waals surface area contributed by atoms with Crippen LogP contribution in [0, 0.1) is 12.8 Å². The summed E-state index contributed by atoms with van der Waals surface area (Å²) in [5.74, 6) is 0.518. The Morgan fingerprint density at radius 1 is 1.16 bits per heavy atom. The molecule has 0 aromatic carbocycles. The van der Waals surface area contributed by atoms with E-state index in [2.05, 4.69) is 25.6 Å². The van der Waals surface area contributed by atoms with Gasteiger partial charge in [0.2, 0.25) is 0 Å². The zero-order valence-corrected chi connectivity index (χ0v) is 14.5. The van der Waals surface area contributed by atoms with Gasteiger partial charge in [-0.3, -0.25) is 9.69 Å². The maximum absolute atomic E-state index is 11.9. The summed E-state index contributed by atoms with van der Waals surface area (Å²) in [4.78, 5) is 19.0. The average Bonchev–Trinajstić information content (AvgIpc) is 3.02. The van der Waals surface area contributed by atoms with Gasteiger partial charge in [0.05, 0.1) is 11.4 Å². The van der Waals surface area contributed by atoms with Crippen LogP contribution >= 0.6 is 0 Å². The van der Waals surface area contributed by atoms with E-state index in [9.17, 15) is 4.79 Å². The van der Waals surface area contributed by atoms with Gasteiger partial charge in [0.15, 0.2) is 0 Å². The number of pyridine rings is 1. The number of aryl methyl sites for hydroxylation is 1. The van der Waals surface area contributed by atoms with Crippen LogP contribution in [0.3, 0.4) is 0 Å². The average molecular weight is 337 g/mol. The van der Waals surface area contributed by atoms with E-state index in [0.29, 0.717) is 5.92 Å². The van der Waals surface area contributed by atoms with E-state index in [1.165, 1.54) is 0 Å². The van der Waals surface area contributed by atoms with Gasteiger partial charge in [-0.2, -0.15) is 5.10 Å². The lowest BCUT2D eigenvalue weighted by molar-refractivity contribution is 0.162. The van der Waals surface area contributed by atoms with Crippen LogP contribution in [0.4, 0.5) is 0 Å². The number of hydrogen-bond acceptors (Lipinski definition) is 4.